The van der Waals surface area contributed by atoms with E-state index < -0.39 is 11.6 Å². The third-order valence-corrected chi connectivity index (χ3v) is 7.34. The predicted octanol–water partition coefficient (Wildman–Crippen LogP) is 8.15. The lowest BCUT2D eigenvalue weighted by atomic mass is 9.78. The monoisotopic (exact) mass is 480 g/mol. The van der Waals surface area contributed by atoms with Crippen LogP contribution in [0, 0.1) is 23.4 Å². The SMILES string of the molecule is CCCc1ccc(-c2ccc(OCC3CCC(c4ccc(C5CO5)cc4F)CC3)c(F)c2F)cc1. The molecule has 1 saturated heterocycles. The Morgan fingerprint density at radius 2 is 1.63 bits per heavy atom. The summed E-state index contributed by atoms with van der Waals surface area (Å²) in [5.74, 6) is -1.63. The van der Waals surface area contributed by atoms with Crippen molar-refractivity contribution in [2.24, 2.45) is 5.92 Å². The average Bonchev–Trinajstić information content (AvgIpc) is 3.72. The highest BCUT2D eigenvalue weighted by molar-refractivity contribution is 5.65. The van der Waals surface area contributed by atoms with Crippen LogP contribution in [-0.4, -0.2) is 13.2 Å². The molecular formula is C30H31F3O2. The largest absolute Gasteiger partial charge is 0.490 e. The van der Waals surface area contributed by atoms with Crippen molar-refractivity contribution in [2.75, 3.05) is 13.2 Å². The van der Waals surface area contributed by atoms with Gasteiger partial charge in [-0.15, -0.1) is 0 Å². The van der Waals surface area contributed by atoms with Gasteiger partial charge in [0.05, 0.1) is 13.2 Å². The second-order valence-corrected chi connectivity index (χ2v) is 9.82. The van der Waals surface area contributed by atoms with Crippen molar-refractivity contribution < 1.29 is 22.6 Å². The number of hydrogen-bond donors (Lipinski definition) is 0. The van der Waals surface area contributed by atoms with Gasteiger partial charge in [-0.05, 0) is 84.4 Å². The zero-order chi connectivity index (χ0) is 24.4. The fraction of sp³-hybridized carbons (Fsp3) is 0.400. The van der Waals surface area contributed by atoms with Crippen LogP contribution in [0.1, 0.15) is 67.7 Å². The molecule has 2 nitrogen and oxygen atoms in total. The lowest BCUT2D eigenvalue weighted by molar-refractivity contribution is 0.192. The maximum atomic E-state index is 14.8. The molecule has 2 fully saturated rings. The summed E-state index contributed by atoms with van der Waals surface area (Å²) in [5.41, 5.74) is 3.73. The van der Waals surface area contributed by atoms with Crippen molar-refractivity contribution in [3.63, 3.8) is 0 Å². The molecule has 5 heteroatoms. The van der Waals surface area contributed by atoms with Crippen LogP contribution in [0.15, 0.2) is 54.6 Å². The first kappa shape index (κ1) is 23.9. The molecular weight excluding hydrogens is 449 g/mol. The van der Waals surface area contributed by atoms with E-state index in [1.54, 1.807) is 12.1 Å². The Morgan fingerprint density at radius 3 is 2.29 bits per heavy atom. The van der Waals surface area contributed by atoms with Crippen LogP contribution in [0.25, 0.3) is 11.1 Å². The van der Waals surface area contributed by atoms with Crippen LogP contribution in [0.5, 0.6) is 5.75 Å². The van der Waals surface area contributed by atoms with Gasteiger partial charge in [0.1, 0.15) is 11.9 Å². The van der Waals surface area contributed by atoms with Gasteiger partial charge in [-0.1, -0.05) is 49.7 Å². The normalized spacial score (nSPS) is 21.7. The van der Waals surface area contributed by atoms with Crippen LogP contribution in [0.3, 0.4) is 0 Å². The van der Waals surface area contributed by atoms with Crippen molar-refractivity contribution in [3.8, 4) is 16.9 Å². The summed E-state index contributed by atoms with van der Waals surface area (Å²) in [7, 11) is 0. The molecule has 1 heterocycles. The maximum absolute atomic E-state index is 14.8. The zero-order valence-electron chi connectivity index (χ0n) is 20.0. The van der Waals surface area contributed by atoms with E-state index in [1.165, 1.54) is 11.6 Å². The molecule has 1 atom stereocenters. The number of benzene rings is 3. The molecule has 5 rings (SSSR count). The van der Waals surface area contributed by atoms with Gasteiger partial charge >= 0.3 is 0 Å². The zero-order valence-corrected chi connectivity index (χ0v) is 20.0. The van der Waals surface area contributed by atoms with E-state index in [0.29, 0.717) is 18.8 Å². The molecule has 0 amide bonds. The summed E-state index contributed by atoms with van der Waals surface area (Å²) in [6.07, 6.45) is 5.49. The van der Waals surface area contributed by atoms with E-state index in [2.05, 4.69) is 6.92 Å². The first-order valence-electron chi connectivity index (χ1n) is 12.6. The molecule has 35 heavy (non-hydrogen) atoms. The molecule has 0 radical (unpaired) electrons. The van der Waals surface area contributed by atoms with E-state index >= 15 is 0 Å². The minimum atomic E-state index is -0.948. The fourth-order valence-electron chi connectivity index (χ4n) is 5.17. The number of aryl methyl sites for hydroxylation is 1. The summed E-state index contributed by atoms with van der Waals surface area (Å²) in [5, 5.41) is 0. The molecule has 1 aliphatic carbocycles. The molecule has 3 aromatic carbocycles. The third kappa shape index (κ3) is 5.40. The molecule has 1 saturated carbocycles. The van der Waals surface area contributed by atoms with Gasteiger partial charge in [0.2, 0.25) is 5.82 Å². The Bertz CT molecular complexity index is 1160. The number of ether oxygens (including phenoxy) is 2. The topological polar surface area (TPSA) is 21.8 Å². The molecule has 3 aromatic rings. The molecule has 184 valence electrons. The number of epoxide rings is 1. The van der Waals surface area contributed by atoms with Crippen molar-refractivity contribution in [2.45, 2.75) is 57.5 Å². The van der Waals surface area contributed by atoms with Gasteiger partial charge in [0.25, 0.3) is 0 Å². The van der Waals surface area contributed by atoms with E-state index in [-0.39, 0.29) is 35.1 Å². The maximum Gasteiger partial charge on any atom is 0.201 e. The van der Waals surface area contributed by atoms with E-state index in [0.717, 1.165) is 49.7 Å². The van der Waals surface area contributed by atoms with Crippen LogP contribution in [-0.2, 0) is 11.2 Å². The van der Waals surface area contributed by atoms with Crippen LogP contribution in [0.2, 0.25) is 0 Å². The van der Waals surface area contributed by atoms with Crippen molar-refractivity contribution in [1.29, 1.82) is 0 Å². The second kappa shape index (κ2) is 10.4. The van der Waals surface area contributed by atoms with Crippen molar-refractivity contribution in [3.05, 3.63) is 88.7 Å². The molecule has 1 aliphatic heterocycles. The highest BCUT2D eigenvalue weighted by Crippen LogP contribution is 2.39. The Labute approximate surface area is 205 Å². The van der Waals surface area contributed by atoms with Gasteiger partial charge in [-0.3, -0.25) is 0 Å². The lowest BCUT2D eigenvalue weighted by Crippen LogP contribution is -2.20. The minimum Gasteiger partial charge on any atom is -0.490 e. The average molecular weight is 481 g/mol. The van der Waals surface area contributed by atoms with Crippen LogP contribution in [0.4, 0.5) is 13.2 Å². The summed E-state index contributed by atoms with van der Waals surface area (Å²) >= 11 is 0. The third-order valence-electron chi connectivity index (χ3n) is 7.34. The number of halogens is 3. The van der Waals surface area contributed by atoms with Gasteiger partial charge in [0.15, 0.2) is 11.6 Å². The van der Waals surface area contributed by atoms with Crippen LogP contribution < -0.4 is 4.74 Å². The number of rotatable bonds is 8. The molecule has 0 bridgehead atoms. The highest BCUT2D eigenvalue weighted by atomic mass is 19.2. The van der Waals surface area contributed by atoms with Gasteiger partial charge < -0.3 is 9.47 Å². The molecule has 0 spiro atoms. The Kier molecular flexibility index (Phi) is 7.14. The van der Waals surface area contributed by atoms with Crippen LogP contribution >= 0.6 is 0 Å². The smallest absolute Gasteiger partial charge is 0.201 e. The van der Waals surface area contributed by atoms with Gasteiger partial charge in [-0.25, -0.2) is 8.78 Å². The number of hydrogen-bond acceptors (Lipinski definition) is 2. The Hall–Kier alpha value is -2.79. The Morgan fingerprint density at radius 1 is 0.886 bits per heavy atom. The van der Waals surface area contributed by atoms with E-state index in [4.69, 9.17) is 9.47 Å². The summed E-state index contributed by atoms with van der Waals surface area (Å²) in [4.78, 5) is 0. The predicted molar refractivity (Wildman–Crippen MR) is 131 cm³/mol. The summed E-state index contributed by atoms with van der Waals surface area (Å²) < 4.78 is 55.2. The Balaban J connectivity index is 1.17. The molecule has 0 N–H and O–H groups in total. The lowest BCUT2D eigenvalue weighted by Gasteiger charge is -2.29. The van der Waals surface area contributed by atoms with E-state index in [1.807, 2.05) is 36.4 Å². The second-order valence-electron chi connectivity index (χ2n) is 9.82. The fourth-order valence-corrected chi connectivity index (χ4v) is 5.17. The minimum absolute atomic E-state index is 0.0528. The first-order valence-corrected chi connectivity index (χ1v) is 12.6. The van der Waals surface area contributed by atoms with Crippen molar-refractivity contribution >= 4 is 0 Å². The quantitative estimate of drug-likeness (QED) is 0.304. The van der Waals surface area contributed by atoms with Gasteiger partial charge in [-0.2, -0.15) is 4.39 Å². The standard InChI is InChI=1S/C30H31F3O2/c1-2-3-19-4-8-22(9-5-19)25-14-15-27(30(33)29(25)32)34-17-20-6-10-21(11-7-20)24-13-12-23(16-26(24)31)28-18-35-28/h4-5,8-9,12-16,20-21,28H,2-3,6-7,10-11,17-18H2,1H3. The summed E-state index contributed by atoms with van der Waals surface area (Å²) in [6, 6.07) is 16.1. The molecule has 1 unspecified atom stereocenters. The summed E-state index contributed by atoms with van der Waals surface area (Å²) in [6.45, 7) is 3.11. The molecule has 0 aromatic heterocycles. The van der Waals surface area contributed by atoms with E-state index in [9.17, 15) is 13.2 Å². The first-order chi connectivity index (χ1) is 17.0. The van der Waals surface area contributed by atoms with Crippen molar-refractivity contribution in [1.82, 2.24) is 0 Å². The molecule has 2 aliphatic rings. The highest BCUT2D eigenvalue weighted by Gasteiger charge is 2.28. The van der Waals surface area contributed by atoms with Gasteiger partial charge in [0, 0.05) is 5.56 Å².